The molecule has 1 aliphatic heterocycles. The number of carbonyl (C=O) groups is 1. The molecule has 1 N–H and O–H groups in total. The lowest BCUT2D eigenvalue weighted by atomic mass is 9.79. The van der Waals surface area contributed by atoms with Gasteiger partial charge in [0.25, 0.3) is 0 Å². The second kappa shape index (κ2) is 5.64. The summed E-state index contributed by atoms with van der Waals surface area (Å²) in [6.07, 6.45) is 2.78. The third-order valence-electron chi connectivity index (χ3n) is 3.51. The summed E-state index contributed by atoms with van der Waals surface area (Å²) in [5.41, 5.74) is -1.05. The van der Waals surface area contributed by atoms with Gasteiger partial charge in [-0.05, 0) is 13.3 Å². The van der Waals surface area contributed by atoms with Gasteiger partial charge in [0.15, 0.2) is 0 Å². The van der Waals surface area contributed by atoms with E-state index in [1.807, 2.05) is 6.92 Å². The van der Waals surface area contributed by atoms with Crippen molar-refractivity contribution in [2.24, 2.45) is 5.92 Å². The van der Waals surface area contributed by atoms with Gasteiger partial charge in [0.05, 0.1) is 19.1 Å². The summed E-state index contributed by atoms with van der Waals surface area (Å²) in [4.78, 5) is 11.7. The zero-order valence-corrected chi connectivity index (χ0v) is 10.4. The van der Waals surface area contributed by atoms with E-state index in [9.17, 15) is 9.90 Å². The minimum Gasteiger partial charge on any atom is -0.469 e. The van der Waals surface area contributed by atoms with Gasteiger partial charge in [-0.1, -0.05) is 19.8 Å². The van der Waals surface area contributed by atoms with Gasteiger partial charge in [-0.15, -0.1) is 0 Å². The molecule has 3 atom stereocenters. The highest BCUT2D eigenvalue weighted by Gasteiger charge is 2.49. The largest absolute Gasteiger partial charge is 0.469 e. The van der Waals surface area contributed by atoms with Gasteiger partial charge < -0.3 is 14.6 Å². The number of unbranched alkanes of at least 4 members (excludes halogenated alkanes) is 1. The molecule has 0 aromatic carbocycles. The highest BCUT2D eigenvalue weighted by Crippen LogP contribution is 2.36. The molecule has 0 radical (unpaired) electrons. The van der Waals surface area contributed by atoms with Crippen LogP contribution in [0.15, 0.2) is 0 Å². The number of rotatable bonds is 5. The maximum Gasteiger partial charge on any atom is 0.311 e. The lowest BCUT2D eigenvalue weighted by Crippen LogP contribution is -2.48. The van der Waals surface area contributed by atoms with Crippen molar-refractivity contribution in [2.45, 2.75) is 51.2 Å². The van der Waals surface area contributed by atoms with Crippen LogP contribution >= 0.6 is 0 Å². The SMILES string of the molecule is CCCCC(C(=O)OC)C1(O)CCOC1C. The summed E-state index contributed by atoms with van der Waals surface area (Å²) in [6, 6.07) is 0. The first-order valence-electron chi connectivity index (χ1n) is 5.98. The molecule has 1 saturated heterocycles. The first kappa shape index (κ1) is 13.5. The van der Waals surface area contributed by atoms with Crippen molar-refractivity contribution in [1.29, 1.82) is 0 Å². The quantitative estimate of drug-likeness (QED) is 0.727. The molecule has 1 fully saturated rings. The van der Waals surface area contributed by atoms with E-state index in [0.717, 1.165) is 12.8 Å². The number of methoxy groups -OCH3 is 1. The number of hydrogen-bond acceptors (Lipinski definition) is 4. The molecule has 0 aliphatic carbocycles. The van der Waals surface area contributed by atoms with Crippen molar-refractivity contribution in [1.82, 2.24) is 0 Å². The molecule has 4 heteroatoms. The molecular weight excluding hydrogens is 208 g/mol. The normalized spacial score (nSPS) is 31.4. The fourth-order valence-electron chi connectivity index (χ4n) is 2.33. The molecule has 16 heavy (non-hydrogen) atoms. The van der Waals surface area contributed by atoms with E-state index in [-0.39, 0.29) is 12.1 Å². The van der Waals surface area contributed by atoms with Crippen LogP contribution in [0, 0.1) is 5.92 Å². The van der Waals surface area contributed by atoms with Crippen molar-refractivity contribution in [3.05, 3.63) is 0 Å². The molecular formula is C12H22O4. The second-order valence-electron chi connectivity index (χ2n) is 4.47. The summed E-state index contributed by atoms with van der Waals surface area (Å²) in [5, 5.41) is 10.5. The van der Waals surface area contributed by atoms with Crippen LogP contribution in [-0.4, -0.2) is 36.5 Å². The number of hydrogen-bond donors (Lipinski definition) is 1. The summed E-state index contributed by atoms with van der Waals surface area (Å²) in [6.45, 7) is 4.39. The Hall–Kier alpha value is -0.610. The van der Waals surface area contributed by atoms with Crippen LogP contribution in [0.2, 0.25) is 0 Å². The second-order valence-corrected chi connectivity index (χ2v) is 4.47. The van der Waals surface area contributed by atoms with E-state index >= 15 is 0 Å². The molecule has 3 unspecified atom stereocenters. The van der Waals surface area contributed by atoms with Crippen LogP contribution < -0.4 is 0 Å². The first-order valence-corrected chi connectivity index (χ1v) is 5.98. The average Bonchev–Trinajstić information content (AvgIpc) is 2.60. The molecule has 1 aliphatic rings. The number of ether oxygens (including phenoxy) is 2. The predicted molar refractivity (Wildman–Crippen MR) is 60.0 cm³/mol. The average molecular weight is 230 g/mol. The maximum absolute atomic E-state index is 11.7. The van der Waals surface area contributed by atoms with E-state index < -0.39 is 11.5 Å². The number of aliphatic hydroxyl groups is 1. The molecule has 0 aromatic rings. The fraction of sp³-hybridized carbons (Fsp3) is 0.917. The third-order valence-corrected chi connectivity index (χ3v) is 3.51. The molecule has 1 heterocycles. The lowest BCUT2D eigenvalue weighted by molar-refractivity contribution is -0.160. The standard InChI is InChI=1S/C12H22O4/c1-4-5-6-10(11(13)15-3)12(14)7-8-16-9(12)2/h9-10,14H,4-8H2,1-3H3. The van der Waals surface area contributed by atoms with Crippen LogP contribution in [0.3, 0.4) is 0 Å². The van der Waals surface area contributed by atoms with Gasteiger partial charge in [0.2, 0.25) is 0 Å². The summed E-state index contributed by atoms with van der Waals surface area (Å²) >= 11 is 0. The zero-order chi connectivity index (χ0) is 12.2. The smallest absolute Gasteiger partial charge is 0.311 e. The van der Waals surface area contributed by atoms with Crippen LogP contribution in [0.4, 0.5) is 0 Å². The summed E-state index contributed by atoms with van der Waals surface area (Å²) < 4.78 is 10.1. The van der Waals surface area contributed by atoms with E-state index in [4.69, 9.17) is 9.47 Å². The molecule has 0 saturated carbocycles. The highest BCUT2D eigenvalue weighted by atomic mass is 16.5. The Bertz CT molecular complexity index is 241. The van der Waals surface area contributed by atoms with E-state index in [0.29, 0.717) is 19.4 Å². The van der Waals surface area contributed by atoms with Gasteiger partial charge in [-0.3, -0.25) is 4.79 Å². The van der Waals surface area contributed by atoms with Gasteiger partial charge in [0.1, 0.15) is 5.60 Å². The number of carbonyl (C=O) groups excluding carboxylic acids is 1. The Morgan fingerprint density at radius 2 is 2.38 bits per heavy atom. The van der Waals surface area contributed by atoms with Gasteiger partial charge in [-0.2, -0.15) is 0 Å². The van der Waals surface area contributed by atoms with Crippen molar-refractivity contribution in [3.8, 4) is 0 Å². The zero-order valence-electron chi connectivity index (χ0n) is 10.4. The Balaban J connectivity index is 2.78. The first-order chi connectivity index (χ1) is 7.56. The van der Waals surface area contributed by atoms with Crippen molar-refractivity contribution in [2.75, 3.05) is 13.7 Å². The van der Waals surface area contributed by atoms with Gasteiger partial charge >= 0.3 is 5.97 Å². The minimum absolute atomic E-state index is 0.298. The Morgan fingerprint density at radius 1 is 1.69 bits per heavy atom. The minimum atomic E-state index is -1.05. The predicted octanol–water partition coefficient (Wildman–Crippen LogP) is 1.51. The molecule has 1 rings (SSSR count). The van der Waals surface area contributed by atoms with Crippen LogP contribution in [0.1, 0.15) is 39.5 Å². The summed E-state index contributed by atoms with van der Waals surface area (Å²) in [7, 11) is 1.37. The Labute approximate surface area is 96.9 Å². The van der Waals surface area contributed by atoms with Crippen molar-refractivity contribution in [3.63, 3.8) is 0 Å². The highest BCUT2D eigenvalue weighted by molar-refractivity contribution is 5.74. The monoisotopic (exact) mass is 230 g/mol. The van der Waals surface area contributed by atoms with Crippen molar-refractivity contribution < 1.29 is 19.4 Å². The molecule has 0 spiro atoms. The fourth-order valence-corrected chi connectivity index (χ4v) is 2.33. The Morgan fingerprint density at radius 3 is 2.81 bits per heavy atom. The van der Waals surface area contributed by atoms with Gasteiger partial charge in [0, 0.05) is 13.0 Å². The molecule has 0 amide bonds. The van der Waals surface area contributed by atoms with E-state index in [1.54, 1.807) is 0 Å². The van der Waals surface area contributed by atoms with Crippen LogP contribution in [0.25, 0.3) is 0 Å². The molecule has 94 valence electrons. The third kappa shape index (κ3) is 2.55. The maximum atomic E-state index is 11.7. The summed E-state index contributed by atoms with van der Waals surface area (Å²) in [5.74, 6) is -0.789. The van der Waals surface area contributed by atoms with Gasteiger partial charge in [-0.25, -0.2) is 0 Å². The molecule has 0 aromatic heterocycles. The number of esters is 1. The van der Waals surface area contributed by atoms with Crippen molar-refractivity contribution >= 4 is 5.97 Å². The van der Waals surface area contributed by atoms with Crippen LogP contribution in [0.5, 0.6) is 0 Å². The van der Waals surface area contributed by atoms with E-state index in [1.165, 1.54) is 7.11 Å². The molecule has 0 bridgehead atoms. The van der Waals surface area contributed by atoms with E-state index in [2.05, 4.69) is 6.92 Å². The lowest BCUT2D eigenvalue weighted by Gasteiger charge is -2.33. The topological polar surface area (TPSA) is 55.8 Å². The molecule has 4 nitrogen and oxygen atoms in total. The Kier molecular flexibility index (Phi) is 4.74. The van der Waals surface area contributed by atoms with Crippen LogP contribution in [-0.2, 0) is 14.3 Å².